The highest BCUT2D eigenvalue weighted by Gasteiger charge is 2.37. The van der Waals surface area contributed by atoms with Gasteiger partial charge in [-0.3, -0.25) is 9.36 Å². The predicted octanol–water partition coefficient (Wildman–Crippen LogP) is 4.81. The van der Waals surface area contributed by atoms with Crippen molar-refractivity contribution in [3.05, 3.63) is 103 Å². The van der Waals surface area contributed by atoms with Crippen LogP contribution in [0.2, 0.25) is 0 Å². The van der Waals surface area contributed by atoms with Crippen LogP contribution in [0.5, 0.6) is 5.75 Å². The maximum atomic E-state index is 14.2. The lowest BCUT2D eigenvalue weighted by atomic mass is 9.90. The fourth-order valence-electron chi connectivity index (χ4n) is 5.15. The molecule has 0 saturated heterocycles. The van der Waals surface area contributed by atoms with Gasteiger partial charge in [0.1, 0.15) is 11.8 Å². The van der Waals surface area contributed by atoms with Crippen LogP contribution in [0.3, 0.4) is 0 Å². The van der Waals surface area contributed by atoms with Gasteiger partial charge in [-0.05, 0) is 54.0 Å². The molecule has 0 saturated carbocycles. The van der Waals surface area contributed by atoms with E-state index in [0.29, 0.717) is 32.8 Å². The lowest BCUT2D eigenvalue weighted by Gasteiger charge is -2.28. The van der Waals surface area contributed by atoms with Crippen molar-refractivity contribution in [1.29, 1.82) is 0 Å². The van der Waals surface area contributed by atoms with Crippen LogP contribution in [0, 0.1) is 0 Å². The number of aromatic nitrogens is 1. The third kappa shape index (κ3) is 4.95. The molecule has 0 amide bonds. The smallest absolute Gasteiger partial charge is 0.338 e. The summed E-state index contributed by atoms with van der Waals surface area (Å²) in [5, 5.41) is 1.89. The summed E-state index contributed by atoms with van der Waals surface area (Å²) >= 11 is 1.33. The quantitative estimate of drug-likeness (QED) is 0.292. The summed E-state index contributed by atoms with van der Waals surface area (Å²) < 4.78 is 13.6. The van der Waals surface area contributed by atoms with E-state index in [-0.39, 0.29) is 12.2 Å². The van der Waals surface area contributed by atoms with Gasteiger partial charge in [0, 0.05) is 25.3 Å². The Morgan fingerprint density at radius 1 is 1.07 bits per heavy atom. The molecule has 0 N–H and O–H groups in total. The van der Waals surface area contributed by atoms with Crippen molar-refractivity contribution in [3.63, 3.8) is 0 Å². The van der Waals surface area contributed by atoms with Gasteiger partial charge in [-0.25, -0.2) is 9.79 Å². The van der Waals surface area contributed by atoms with Crippen molar-refractivity contribution in [1.82, 2.24) is 4.57 Å². The highest BCUT2D eigenvalue weighted by molar-refractivity contribution is 7.07. The zero-order valence-electron chi connectivity index (χ0n) is 23.4. The van der Waals surface area contributed by atoms with Gasteiger partial charge in [-0.1, -0.05) is 67.1 Å². The number of carbonyl (C=O) groups is 1. The third-order valence-corrected chi connectivity index (χ3v) is 8.01. The predicted molar refractivity (Wildman–Crippen MR) is 161 cm³/mol. The Balaban J connectivity index is 1.83. The summed E-state index contributed by atoms with van der Waals surface area (Å²) in [5.41, 5.74) is 3.54. The summed E-state index contributed by atoms with van der Waals surface area (Å²) in [6.45, 7) is 4.04. The molecule has 8 heteroatoms. The molecular formula is C32H33N3O4S. The Bertz CT molecular complexity index is 1780. The number of rotatable bonds is 8. The first-order valence-electron chi connectivity index (χ1n) is 13.4. The largest absolute Gasteiger partial charge is 0.496 e. The second-order valence-electron chi connectivity index (χ2n) is 9.80. The number of hydrogen-bond donors (Lipinski definition) is 0. The molecule has 1 atom stereocenters. The van der Waals surface area contributed by atoms with Crippen LogP contribution in [-0.2, 0) is 9.53 Å². The van der Waals surface area contributed by atoms with Gasteiger partial charge in [0.2, 0.25) is 0 Å². The van der Waals surface area contributed by atoms with Crippen molar-refractivity contribution in [2.45, 2.75) is 32.7 Å². The average Bonchev–Trinajstić information content (AvgIpc) is 3.26. The fourth-order valence-corrected chi connectivity index (χ4v) is 6.17. The van der Waals surface area contributed by atoms with Gasteiger partial charge in [0.15, 0.2) is 4.80 Å². The molecule has 5 rings (SSSR count). The number of hydrogen-bond acceptors (Lipinski definition) is 7. The van der Waals surface area contributed by atoms with Crippen LogP contribution in [0.25, 0.3) is 16.8 Å². The van der Waals surface area contributed by atoms with Crippen LogP contribution in [0.4, 0.5) is 5.69 Å². The minimum Gasteiger partial charge on any atom is -0.496 e. The molecule has 1 aliphatic heterocycles. The second kappa shape index (κ2) is 11.5. The molecule has 1 aromatic heterocycles. The molecule has 7 nitrogen and oxygen atoms in total. The van der Waals surface area contributed by atoms with Crippen molar-refractivity contribution < 1.29 is 14.3 Å². The highest BCUT2D eigenvalue weighted by atomic mass is 32.1. The number of nitrogens with zero attached hydrogens (tertiary/aromatic N) is 3. The van der Waals surface area contributed by atoms with Gasteiger partial charge < -0.3 is 14.4 Å². The molecule has 0 spiro atoms. The standard InChI is InChI=1S/C32H33N3O4S/c1-6-10-24-28(31(37)39-7-2)29(27-23-12-9-8-11-21(23)15-18-25(27)38-5)35-30(36)26(40-32(35)33-24)19-20-13-16-22(17-14-20)34(3)4/h8-9,11-19,29H,6-7,10H2,1-5H3. The number of thiazole rings is 1. The maximum absolute atomic E-state index is 14.2. The molecule has 1 aliphatic rings. The van der Waals surface area contributed by atoms with Gasteiger partial charge in [-0.2, -0.15) is 0 Å². The molecule has 0 radical (unpaired) electrons. The van der Waals surface area contributed by atoms with Crippen LogP contribution in [0.1, 0.15) is 43.9 Å². The van der Waals surface area contributed by atoms with Gasteiger partial charge in [0.05, 0.1) is 29.5 Å². The van der Waals surface area contributed by atoms with E-state index in [1.165, 1.54) is 11.3 Å². The number of fused-ring (bicyclic) bond motifs is 2. The Hall–Kier alpha value is -4.17. The maximum Gasteiger partial charge on any atom is 0.338 e. The molecule has 0 bridgehead atoms. The third-order valence-electron chi connectivity index (χ3n) is 7.02. The van der Waals surface area contributed by atoms with E-state index >= 15 is 0 Å². The van der Waals surface area contributed by atoms with E-state index in [9.17, 15) is 9.59 Å². The Morgan fingerprint density at radius 3 is 2.50 bits per heavy atom. The SMILES string of the molecule is CCCC1=C(C(=O)OCC)C(c2c(OC)ccc3ccccc23)n2c(sc(=Cc3ccc(N(C)C)cc3)c2=O)=N1. The lowest BCUT2D eigenvalue weighted by molar-refractivity contribution is -0.139. The van der Waals surface area contributed by atoms with E-state index in [1.54, 1.807) is 18.6 Å². The van der Waals surface area contributed by atoms with Crippen LogP contribution < -0.4 is 24.5 Å². The van der Waals surface area contributed by atoms with Crippen molar-refractivity contribution in [2.75, 3.05) is 32.7 Å². The zero-order chi connectivity index (χ0) is 28.4. The molecule has 2 heterocycles. The van der Waals surface area contributed by atoms with Crippen LogP contribution in [0.15, 0.2) is 81.7 Å². The summed E-state index contributed by atoms with van der Waals surface area (Å²) in [5.74, 6) is 0.125. The average molecular weight is 556 g/mol. The number of ether oxygens (including phenoxy) is 2. The van der Waals surface area contributed by atoms with E-state index in [1.807, 2.05) is 92.7 Å². The summed E-state index contributed by atoms with van der Waals surface area (Å²) in [6, 6.07) is 19.1. The first-order chi connectivity index (χ1) is 19.4. The Morgan fingerprint density at radius 2 is 1.82 bits per heavy atom. The summed E-state index contributed by atoms with van der Waals surface area (Å²) in [4.78, 5) is 35.2. The molecule has 0 fully saturated rings. The van der Waals surface area contributed by atoms with Crippen molar-refractivity contribution >= 4 is 39.8 Å². The van der Waals surface area contributed by atoms with E-state index in [2.05, 4.69) is 0 Å². The molecular weight excluding hydrogens is 522 g/mol. The molecule has 0 aliphatic carbocycles. The summed E-state index contributed by atoms with van der Waals surface area (Å²) in [6.07, 6.45) is 3.25. The van der Waals surface area contributed by atoms with Crippen molar-refractivity contribution in [3.8, 4) is 5.75 Å². The minimum atomic E-state index is -0.754. The zero-order valence-corrected chi connectivity index (χ0v) is 24.2. The van der Waals surface area contributed by atoms with Gasteiger partial charge in [-0.15, -0.1) is 0 Å². The van der Waals surface area contributed by atoms with Crippen molar-refractivity contribution in [2.24, 2.45) is 4.99 Å². The van der Waals surface area contributed by atoms with Gasteiger partial charge >= 0.3 is 5.97 Å². The van der Waals surface area contributed by atoms with Crippen LogP contribution in [-0.4, -0.2) is 38.3 Å². The number of allylic oxidation sites excluding steroid dienone is 1. The molecule has 4 aromatic rings. The number of esters is 1. The highest BCUT2D eigenvalue weighted by Crippen LogP contribution is 2.41. The minimum absolute atomic E-state index is 0.210. The lowest BCUT2D eigenvalue weighted by Crippen LogP contribution is -2.40. The topological polar surface area (TPSA) is 73.1 Å². The fraction of sp³-hybridized carbons (Fsp3) is 0.281. The van der Waals surface area contributed by atoms with E-state index in [4.69, 9.17) is 14.5 Å². The first kappa shape index (κ1) is 27.4. The second-order valence-corrected chi connectivity index (χ2v) is 10.8. The number of benzene rings is 3. The molecule has 206 valence electrons. The van der Waals surface area contributed by atoms with Crippen LogP contribution >= 0.6 is 11.3 Å². The molecule has 3 aromatic carbocycles. The Kier molecular flexibility index (Phi) is 7.89. The molecule has 1 unspecified atom stereocenters. The summed E-state index contributed by atoms with van der Waals surface area (Å²) in [7, 11) is 5.59. The van der Waals surface area contributed by atoms with E-state index in [0.717, 1.165) is 34.0 Å². The number of anilines is 1. The Labute approximate surface area is 237 Å². The number of carbonyl (C=O) groups excluding carboxylic acids is 1. The number of methoxy groups -OCH3 is 1. The van der Waals surface area contributed by atoms with Gasteiger partial charge in [0.25, 0.3) is 5.56 Å². The normalized spacial score (nSPS) is 15.1. The monoisotopic (exact) mass is 555 g/mol. The van der Waals surface area contributed by atoms with E-state index < -0.39 is 12.0 Å². The first-order valence-corrected chi connectivity index (χ1v) is 14.2. The molecule has 40 heavy (non-hydrogen) atoms.